The Morgan fingerprint density at radius 2 is 2.11 bits per heavy atom. The number of benzene rings is 1. The molecule has 0 aromatic heterocycles. The first kappa shape index (κ1) is 14.5. The summed E-state index contributed by atoms with van der Waals surface area (Å²) in [7, 11) is 0. The van der Waals surface area contributed by atoms with E-state index in [4.69, 9.17) is 27.5 Å². The number of halogens is 1. The van der Waals surface area contributed by atoms with E-state index >= 15 is 0 Å². The van der Waals surface area contributed by atoms with E-state index in [2.05, 4.69) is 5.92 Å². The zero-order valence-corrected chi connectivity index (χ0v) is 10.6. The molecule has 0 fully saturated rings. The number of ether oxygens (including phenoxy) is 2. The molecule has 1 aromatic rings. The fraction of sp³-hybridized carbons (Fsp3) is 0.308. The molecule has 1 unspecified atom stereocenters. The number of aliphatic hydroxyl groups is 1. The van der Waals surface area contributed by atoms with Gasteiger partial charge in [-0.2, -0.15) is 0 Å². The number of rotatable bonds is 5. The lowest BCUT2D eigenvalue weighted by molar-refractivity contribution is -0.229. The Bertz CT molecular complexity index is 449. The molecule has 0 aliphatic carbocycles. The van der Waals surface area contributed by atoms with Crippen molar-refractivity contribution in [2.24, 2.45) is 0 Å². The monoisotopic (exact) mass is 268 g/mol. The number of carbonyl (C=O) groups excluding carboxylic acids is 1. The fourth-order valence-corrected chi connectivity index (χ4v) is 1.44. The van der Waals surface area contributed by atoms with Crippen LogP contribution in [0.15, 0.2) is 24.3 Å². The third kappa shape index (κ3) is 3.23. The molecule has 0 saturated heterocycles. The van der Waals surface area contributed by atoms with Gasteiger partial charge in [-0.1, -0.05) is 29.7 Å². The van der Waals surface area contributed by atoms with Crippen LogP contribution < -0.4 is 0 Å². The van der Waals surface area contributed by atoms with E-state index in [9.17, 15) is 9.90 Å². The first-order valence-corrected chi connectivity index (χ1v) is 5.65. The van der Waals surface area contributed by atoms with Crippen LogP contribution in [0.3, 0.4) is 0 Å². The second-order valence-electron chi connectivity index (χ2n) is 3.36. The minimum Gasteiger partial charge on any atom is -0.462 e. The van der Waals surface area contributed by atoms with Gasteiger partial charge in [-0.25, -0.2) is 4.79 Å². The minimum absolute atomic E-state index is 0.119. The minimum atomic E-state index is -2.22. The topological polar surface area (TPSA) is 55.8 Å². The van der Waals surface area contributed by atoms with E-state index in [1.165, 1.54) is 24.3 Å². The summed E-state index contributed by atoms with van der Waals surface area (Å²) in [4.78, 5) is 11.8. The Morgan fingerprint density at radius 1 is 1.50 bits per heavy atom. The Kier molecular flexibility index (Phi) is 5.17. The fourth-order valence-electron chi connectivity index (χ4n) is 1.31. The van der Waals surface area contributed by atoms with Crippen molar-refractivity contribution in [3.8, 4) is 12.3 Å². The SMILES string of the molecule is C#CCOC(O)(C(=O)OCC)c1ccc(Cl)cc1. The molecule has 1 N–H and O–H groups in total. The Hall–Kier alpha value is -1.54. The van der Waals surface area contributed by atoms with E-state index in [0.29, 0.717) is 5.02 Å². The van der Waals surface area contributed by atoms with Crippen LogP contribution in [0.25, 0.3) is 0 Å². The molecular weight excluding hydrogens is 256 g/mol. The first-order valence-electron chi connectivity index (χ1n) is 5.27. The maximum absolute atomic E-state index is 11.8. The third-order valence-electron chi connectivity index (χ3n) is 2.15. The summed E-state index contributed by atoms with van der Waals surface area (Å²) in [5.41, 5.74) is 0.209. The average molecular weight is 269 g/mol. The van der Waals surface area contributed by atoms with Crippen molar-refractivity contribution in [2.45, 2.75) is 12.7 Å². The highest BCUT2D eigenvalue weighted by atomic mass is 35.5. The Balaban J connectivity index is 3.07. The van der Waals surface area contributed by atoms with E-state index in [1.54, 1.807) is 6.92 Å². The van der Waals surface area contributed by atoms with E-state index < -0.39 is 11.8 Å². The molecule has 1 aromatic carbocycles. The van der Waals surface area contributed by atoms with Gasteiger partial charge in [0.1, 0.15) is 6.61 Å². The maximum Gasteiger partial charge on any atom is 0.371 e. The molecule has 0 aliphatic rings. The van der Waals surface area contributed by atoms with Gasteiger partial charge >= 0.3 is 5.97 Å². The van der Waals surface area contributed by atoms with Crippen molar-refractivity contribution in [3.63, 3.8) is 0 Å². The van der Waals surface area contributed by atoms with Gasteiger partial charge in [0.25, 0.3) is 5.79 Å². The molecule has 0 spiro atoms. The van der Waals surface area contributed by atoms with Crippen molar-refractivity contribution < 1.29 is 19.4 Å². The normalized spacial score (nSPS) is 13.4. The van der Waals surface area contributed by atoms with Crippen molar-refractivity contribution in [1.82, 2.24) is 0 Å². The highest BCUT2D eigenvalue weighted by Crippen LogP contribution is 2.25. The second-order valence-corrected chi connectivity index (χ2v) is 3.80. The predicted molar refractivity (Wildman–Crippen MR) is 66.8 cm³/mol. The zero-order valence-electron chi connectivity index (χ0n) is 9.85. The van der Waals surface area contributed by atoms with Crippen LogP contribution >= 0.6 is 11.6 Å². The molecule has 18 heavy (non-hydrogen) atoms. The van der Waals surface area contributed by atoms with Crippen LogP contribution in [-0.4, -0.2) is 24.3 Å². The second kappa shape index (κ2) is 6.41. The lowest BCUT2D eigenvalue weighted by Gasteiger charge is -2.25. The van der Waals surface area contributed by atoms with Gasteiger partial charge in [-0.3, -0.25) is 0 Å². The molecule has 0 radical (unpaired) electrons. The standard InChI is InChI=1S/C13H13ClO4/c1-3-9-18-13(16,12(15)17-4-2)10-5-7-11(14)8-6-10/h1,5-8,16H,4,9H2,2H3. The van der Waals surface area contributed by atoms with Gasteiger partial charge in [0.05, 0.1) is 6.61 Å². The average Bonchev–Trinajstić information content (AvgIpc) is 2.37. The van der Waals surface area contributed by atoms with Crippen LogP contribution in [0.4, 0.5) is 0 Å². The largest absolute Gasteiger partial charge is 0.462 e. The number of hydrogen-bond acceptors (Lipinski definition) is 4. The van der Waals surface area contributed by atoms with Crippen LogP contribution in [0.1, 0.15) is 12.5 Å². The molecule has 0 aliphatic heterocycles. The summed E-state index contributed by atoms with van der Waals surface area (Å²) in [6.45, 7) is 1.52. The maximum atomic E-state index is 11.8. The first-order chi connectivity index (χ1) is 8.54. The smallest absolute Gasteiger partial charge is 0.371 e. The van der Waals surface area contributed by atoms with Crippen LogP contribution in [-0.2, 0) is 20.1 Å². The Morgan fingerprint density at radius 3 is 2.61 bits per heavy atom. The highest BCUT2D eigenvalue weighted by molar-refractivity contribution is 6.30. The zero-order chi connectivity index (χ0) is 13.6. The van der Waals surface area contributed by atoms with E-state index in [0.717, 1.165) is 0 Å². The number of esters is 1. The highest BCUT2D eigenvalue weighted by Gasteiger charge is 2.41. The van der Waals surface area contributed by atoms with Gasteiger partial charge in [-0.15, -0.1) is 6.42 Å². The summed E-state index contributed by atoms with van der Waals surface area (Å²) in [6.07, 6.45) is 5.05. The summed E-state index contributed by atoms with van der Waals surface area (Å²) in [5, 5.41) is 10.7. The van der Waals surface area contributed by atoms with E-state index in [-0.39, 0.29) is 18.8 Å². The molecule has 1 rings (SSSR count). The number of terminal acetylenes is 1. The van der Waals surface area contributed by atoms with Gasteiger partial charge in [0, 0.05) is 10.6 Å². The van der Waals surface area contributed by atoms with E-state index in [1.807, 2.05) is 0 Å². The van der Waals surface area contributed by atoms with Gasteiger partial charge in [-0.05, 0) is 19.1 Å². The third-order valence-corrected chi connectivity index (χ3v) is 2.40. The summed E-state index contributed by atoms with van der Waals surface area (Å²) >= 11 is 5.74. The van der Waals surface area contributed by atoms with Crippen LogP contribution in [0.5, 0.6) is 0 Å². The molecule has 4 nitrogen and oxygen atoms in total. The molecule has 0 saturated carbocycles. The molecule has 96 valence electrons. The van der Waals surface area contributed by atoms with Gasteiger partial charge in [0.15, 0.2) is 0 Å². The predicted octanol–water partition coefficient (Wildman–Crippen LogP) is 1.70. The molecule has 1 atom stereocenters. The van der Waals surface area contributed by atoms with Crippen molar-refractivity contribution in [3.05, 3.63) is 34.9 Å². The molecule has 0 bridgehead atoms. The van der Waals surface area contributed by atoms with Crippen molar-refractivity contribution >= 4 is 17.6 Å². The molecule has 5 heteroatoms. The Labute approximate surface area is 110 Å². The number of hydrogen-bond donors (Lipinski definition) is 1. The van der Waals surface area contributed by atoms with Gasteiger partial charge < -0.3 is 14.6 Å². The number of carbonyl (C=O) groups is 1. The summed E-state index contributed by atoms with van der Waals surface area (Å²) < 4.78 is 9.79. The summed E-state index contributed by atoms with van der Waals surface area (Å²) in [6, 6.07) is 5.99. The summed E-state index contributed by atoms with van der Waals surface area (Å²) in [5.74, 6) is -0.944. The molecular formula is C13H13ClO4. The molecule has 0 amide bonds. The van der Waals surface area contributed by atoms with Gasteiger partial charge in [0.2, 0.25) is 0 Å². The van der Waals surface area contributed by atoms with Crippen molar-refractivity contribution in [1.29, 1.82) is 0 Å². The quantitative estimate of drug-likeness (QED) is 0.502. The van der Waals surface area contributed by atoms with Crippen LogP contribution in [0, 0.1) is 12.3 Å². The van der Waals surface area contributed by atoms with Crippen LogP contribution in [0.2, 0.25) is 5.02 Å². The molecule has 0 heterocycles. The lowest BCUT2D eigenvalue weighted by atomic mass is 10.1. The lowest BCUT2D eigenvalue weighted by Crippen LogP contribution is -2.40. The van der Waals surface area contributed by atoms with Crippen molar-refractivity contribution in [2.75, 3.05) is 13.2 Å².